The molecule has 10 heavy (non-hydrogen) atoms. The van der Waals surface area contributed by atoms with E-state index in [1.54, 1.807) is 0 Å². The summed E-state index contributed by atoms with van der Waals surface area (Å²) in [5, 5.41) is 0. The Morgan fingerprint density at radius 2 is 1.00 bits per heavy atom. The van der Waals surface area contributed by atoms with Gasteiger partial charge in [0, 0.05) is 0 Å². The monoisotopic (exact) mass is 180 g/mol. The van der Waals surface area contributed by atoms with Gasteiger partial charge < -0.3 is 0 Å². The molecule has 0 rings (SSSR count). The molecular weight excluding hydrogens is 160 g/mol. The van der Waals surface area contributed by atoms with E-state index in [4.69, 9.17) is 0 Å². The fourth-order valence-electron chi connectivity index (χ4n) is 1.50. The third-order valence-corrected chi connectivity index (χ3v) is 14.7. The molecule has 0 spiro atoms. The molecule has 0 bridgehead atoms. The van der Waals surface area contributed by atoms with Crippen LogP contribution in [0.2, 0.25) is 18.9 Å². The summed E-state index contributed by atoms with van der Waals surface area (Å²) >= 11 is -3.06. The van der Waals surface area contributed by atoms with E-state index in [2.05, 4.69) is 27.7 Å². The quantitative estimate of drug-likeness (QED) is 0.601. The Kier molecular flexibility index (Phi) is 3.44. The van der Waals surface area contributed by atoms with Gasteiger partial charge in [-0.1, -0.05) is 0 Å². The van der Waals surface area contributed by atoms with Gasteiger partial charge in [0.05, 0.1) is 0 Å². The standard InChI is InChI=1S/4C2H5.O.Ti/c4*1-2;;/h4*1H2,2H3;;. The van der Waals surface area contributed by atoms with E-state index in [0.29, 0.717) is 0 Å². The second-order valence-electron chi connectivity index (χ2n) is 3.49. The maximum absolute atomic E-state index is 12.3. The number of rotatable bonds is 4. The van der Waals surface area contributed by atoms with Crippen LogP contribution in [-0.4, -0.2) is 0 Å². The van der Waals surface area contributed by atoms with Gasteiger partial charge >= 0.3 is 65.2 Å². The van der Waals surface area contributed by atoms with Crippen LogP contribution in [0.3, 0.4) is 0 Å². The van der Waals surface area contributed by atoms with E-state index >= 15 is 0 Å². The first-order valence-electron chi connectivity index (χ1n) is 4.45. The van der Waals surface area contributed by atoms with Gasteiger partial charge in [-0.05, 0) is 0 Å². The van der Waals surface area contributed by atoms with Crippen LogP contribution >= 0.6 is 0 Å². The number of hydrogen-bond acceptors (Lipinski definition) is 1. The van der Waals surface area contributed by atoms with E-state index in [1.807, 2.05) is 0 Å². The third kappa shape index (κ3) is 1.76. The van der Waals surface area contributed by atoms with E-state index in [9.17, 15) is 3.32 Å². The fourth-order valence-corrected chi connectivity index (χ4v) is 6.18. The summed E-state index contributed by atoms with van der Waals surface area (Å²) in [6.07, 6.45) is 0. The van der Waals surface area contributed by atoms with Crippen LogP contribution in [0, 0.1) is 0 Å². The average molecular weight is 180 g/mol. The minimum atomic E-state index is -3.06. The predicted octanol–water partition coefficient (Wildman–Crippen LogP) is 3.77. The first-order valence-corrected chi connectivity index (χ1v) is 9.50. The van der Waals surface area contributed by atoms with Crippen molar-refractivity contribution in [3.05, 3.63) is 0 Å². The molecule has 0 saturated heterocycles. The molecule has 0 aromatic carbocycles. The first kappa shape index (κ1) is 10.5. The first-order chi connectivity index (χ1) is 4.54. The van der Waals surface area contributed by atoms with Gasteiger partial charge in [-0.15, -0.1) is 0 Å². The van der Waals surface area contributed by atoms with Crippen LogP contribution in [0.25, 0.3) is 0 Å². The van der Waals surface area contributed by atoms with Crippen LogP contribution in [-0.2, 0) is 18.6 Å². The Hall–Kier alpha value is 0.514. The molecule has 0 N–H and O–H groups in total. The fraction of sp³-hybridized carbons (Fsp3) is 1.00. The Morgan fingerprint density at radius 1 is 0.800 bits per heavy atom. The minimum absolute atomic E-state index is 0.945. The van der Waals surface area contributed by atoms with E-state index in [0.717, 1.165) is 18.9 Å². The number of hydrogen-bond donors (Lipinski definition) is 0. The zero-order chi connectivity index (χ0) is 8.28. The molecule has 0 aliphatic carbocycles. The SMILES string of the molecule is C[CH2][Ti](=[O])([CH2]C)([CH2]C)[CH2]C. The summed E-state index contributed by atoms with van der Waals surface area (Å²) in [6.45, 7) is 8.34. The van der Waals surface area contributed by atoms with Crippen molar-refractivity contribution in [1.82, 2.24) is 0 Å². The van der Waals surface area contributed by atoms with Crippen molar-refractivity contribution < 1.29 is 18.6 Å². The molecule has 1 nitrogen and oxygen atoms in total. The molecule has 0 aliphatic rings. The molecule has 0 fully saturated rings. The van der Waals surface area contributed by atoms with Crippen molar-refractivity contribution in [3.63, 3.8) is 0 Å². The van der Waals surface area contributed by atoms with Gasteiger partial charge in [0.1, 0.15) is 0 Å². The Labute approximate surface area is 65.4 Å². The topological polar surface area (TPSA) is 17.1 Å². The molecule has 0 atom stereocenters. The van der Waals surface area contributed by atoms with E-state index < -0.39 is 15.3 Å². The summed E-state index contributed by atoms with van der Waals surface area (Å²) in [5.41, 5.74) is 0. The van der Waals surface area contributed by atoms with Crippen LogP contribution in [0.15, 0.2) is 0 Å². The molecule has 0 saturated carbocycles. The van der Waals surface area contributed by atoms with Gasteiger partial charge in [0.25, 0.3) is 0 Å². The third-order valence-electron chi connectivity index (χ3n) is 3.58. The molecule has 0 aromatic rings. The zero-order valence-corrected chi connectivity index (χ0v) is 9.30. The van der Waals surface area contributed by atoms with Gasteiger partial charge in [0.15, 0.2) is 0 Å². The van der Waals surface area contributed by atoms with Gasteiger partial charge in [0.2, 0.25) is 0 Å². The van der Waals surface area contributed by atoms with Crippen molar-refractivity contribution in [2.75, 3.05) is 0 Å². The summed E-state index contributed by atoms with van der Waals surface area (Å²) in [5.74, 6) is 0. The van der Waals surface area contributed by atoms with Crippen molar-refractivity contribution in [3.8, 4) is 0 Å². The Bertz CT molecular complexity index is 123. The normalized spacial score (nSPS) is 13.7. The van der Waals surface area contributed by atoms with E-state index in [1.165, 1.54) is 0 Å². The molecule has 0 unspecified atom stereocenters. The second-order valence-corrected chi connectivity index (χ2v) is 14.4. The van der Waals surface area contributed by atoms with E-state index in [-0.39, 0.29) is 0 Å². The molecule has 2 heteroatoms. The summed E-state index contributed by atoms with van der Waals surface area (Å²) in [7, 11) is 0. The predicted molar refractivity (Wildman–Crippen MR) is 42.6 cm³/mol. The molecule has 0 aromatic heterocycles. The zero-order valence-electron chi connectivity index (χ0n) is 7.74. The molecule has 0 heterocycles. The van der Waals surface area contributed by atoms with Gasteiger partial charge in [-0.25, -0.2) is 0 Å². The average Bonchev–Trinajstić information content (AvgIpc) is 2.04. The molecular formula is C8H20OTi. The van der Waals surface area contributed by atoms with Crippen molar-refractivity contribution >= 4 is 0 Å². The van der Waals surface area contributed by atoms with Gasteiger partial charge in [-0.2, -0.15) is 0 Å². The maximum atomic E-state index is 12.3. The van der Waals surface area contributed by atoms with Crippen molar-refractivity contribution in [2.45, 2.75) is 46.6 Å². The summed E-state index contributed by atoms with van der Waals surface area (Å²) < 4.78 is 16.1. The van der Waals surface area contributed by atoms with Crippen LogP contribution in [0.1, 0.15) is 27.7 Å². The second kappa shape index (κ2) is 3.27. The summed E-state index contributed by atoms with van der Waals surface area (Å²) in [6, 6.07) is 0. The Morgan fingerprint density at radius 3 is 1.00 bits per heavy atom. The van der Waals surface area contributed by atoms with Crippen LogP contribution in [0.5, 0.6) is 0 Å². The van der Waals surface area contributed by atoms with Gasteiger partial charge in [-0.3, -0.25) is 0 Å². The van der Waals surface area contributed by atoms with Crippen molar-refractivity contribution in [1.29, 1.82) is 0 Å². The van der Waals surface area contributed by atoms with Crippen LogP contribution in [0.4, 0.5) is 0 Å². The van der Waals surface area contributed by atoms with Crippen molar-refractivity contribution in [2.24, 2.45) is 0 Å². The summed E-state index contributed by atoms with van der Waals surface area (Å²) in [4.78, 5) is 0. The van der Waals surface area contributed by atoms with Crippen LogP contribution < -0.4 is 0 Å². The molecule has 0 aliphatic heterocycles. The molecule has 0 amide bonds. The molecule has 62 valence electrons. The molecule has 0 radical (unpaired) electrons. The Balaban J connectivity index is 4.62.